The number of hydrogen-bond donors (Lipinski definition) is 2. The Kier molecular flexibility index (Phi) is 6.96. The molecule has 1 aliphatic rings. The molecule has 0 spiro atoms. The molecule has 2 N–H and O–H groups in total. The first-order chi connectivity index (χ1) is 18.8. The number of nitrogens with zero attached hydrogens (tertiary/aromatic N) is 2. The molecule has 0 bridgehead atoms. The van der Waals surface area contributed by atoms with Crippen molar-refractivity contribution < 1.29 is 23.5 Å². The molecular weight excluding hydrogens is 507 g/mol. The summed E-state index contributed by atoms with van der Waals surface area (Å²) < 4.78 is 26.0. The van der Waals surface area contributed by atoms with E-state index in [1.807, 2.05) is 0 Å². The first-order valence-electron chi connectivity index (χ1n) is 11.9. The van der Waals surface area contributed by atoms with Gasteiger partial charge in [0.05, 0.1) is 10.9 Å². The number of amides is 2. The molecule has 0 unspecified atom stereocenters. The van der Waals surface area contributed by atoms with Gasteiger partial charge in [0, 0.05) is 24.3 Å². The fourth-order valence-electron chi connectivity index (χ4n) is 4.21. The lowest BCUT2D eigenvalue weighted by molar-refractivity contribution is -0.116. The fourth-order valence-corrected chi connectivity index (χ4v) is 4.21. The van der Waals surface area contributed by atoms with Crippen LogP contribution in [-0.4, -0.2) is 27.7 Å². The van der Waals surface area contributed by atoms with Crippen LogP contribution < -0.4 is 31.4 Å². The van der Waals surface area contributed by atoms with Crippen molar-refractivity contribution in [3.8, 4) is 11.5 Å². The SMILES string of the molecule is C=CCn1c(=O)c2ccc(C(=O)NCc3ccc4c(c3)OCO4)cc2n(CC(=O)Nc2ccc(F)cc2)c1=O. The largest absolute Gasteiger partial charge is 0.454 e. The number of anilines is 1. The van der Waals surface area contributed by atoms with Crippen LogP contribution in [0.3, 0.4) is 0 Å². The molecule has 5 rings (SSSR count). The number of allylic oxidation sites excluding steroid dienone is 1. The molecule has 2 amide bonds. The molecule has 0 radical (unpaired) electrons. The van der Waals surface area contributed by atoms with Crippen molar-refractivity contribution in [1.82, 2.24) is 14.5 Å². The van der Waals surface area contributed by atoms with Crippen LogP contribution in [0, 0.1) is 5.82 Å². The van der Waals surface area contributed by atoms with Crippen LogP contribution in [0.5, 0.6) is 11.5 Å². The zero-order valence-electron chi connectivity index (χ0n) is 20.6. The van der Waals surface area contributed by atoms with Gasteiger partial charge in [0.15, 0.2) is 11.5 Å². The molecule has 1 aliphatic heterocycles. The van der Waals surface area contributed by atoms with E-state index >= 15 is 0 Å². The maximum absolute atomic E-state index is 13.2. The lowest BCUT2D eigenvalue weighted by Gasteiger charge is -2.14. The van der Waals surface area contributed by atoms with Crippen molar-refractivity contribution in [2.24, 2.45) is 0 Å². The number of aromatic nitrogens is 2. The number of nitrogens with one attached hydrogen (secondary N) is 2. The Morgan fingerprint density at radius 2 is 1.74 bits per heavy atom. The maximum atomic E-state index is 13.2. The summed E-state index contributed by atoms with van der Waals surface area (Å²) >= 11 is 0. The van der Waals surface area contributed by atoms with Crippen LogP contribution in [0.2, 0.25) is 0 Å². The first kappa shape index (κ1) is 25.5. The van der Waals surface area contributed by atoms with Crippen molar-refractivity contribution >= 4 is 28.4 Å². The summed E-state index contributed by atoms with van der Waals surface area (Å²) in [6.45, 7) is 3.41. The molecule has 0 aliphatic carbocycles. The molecule has 0 saturated heterocycles. The molecule has 0 saturated carbocycles. The van der Waals surface area contributed by atoms with E-state index in [0.717, 1.165) is 14.7 Å². The topological polar surface area (TPSA) is 121 Å². The Hall–Kier alpha value is -5.19. The van der Waals surface area contributed by atoms with E-state index in [2.05, 4.69) is 17.2 Å². The van der Waals surface area contributed by atoms with E-state index in [1.165, 1.54) is 48.5 Å². The monoisotopic (exact) mass is 530 g/mol. The van der Waals surface area contributed by atoms with Gasteiger partial charge < -0.3 is 20.1 Å². The summed E-state index contributed by atoms with van der Waals surface area (Å²) in [7, 11) is 0. The summed E-state index contributed by atoms with van der Waals surface area (Å²) in [6, 6.07) is 14.8. The molecule has 0 atom stereocenters. The zero-order valence-corrected chi connectivity index (χ0v) is 20.6. The molecule has 0 fully saturated rings. The number of carbonyl (C=O) groups excluding carboxylic acids is 2. The second-order valence-corrected chi connectivity index (χ2v) is 8.73. The Labute approximate surface area is 220 Å². The number of benzene rings is 3. The van der Waals surface area contributed by atoms with Gasteiger partial charge in [-0.25, -0.2) is 9.18 Å². The van der Waals surface area contributed by atoms with Gasteiger partial charge in [-0.1, -0.05) is 12.1 Å². The van der Waals surface area contributed by atoms with E-state index in [4.69, 9.17) is 9.47 Å². The highest BCUT2D eigenvalue weighted by Gasteiger charge is 2.18. The van der Waals surface area contributed by atoms with Gasteiger partial charge in [-0.05, 0) is 60.2 Å². The van der Waals surface area contributed by atoms with E-state index < -0.39 is 35.4 Å². The number of ether oxygens (including phenoxy) is 2. The predicted molar refractivity (Wildman–Crippen MR) is 141 cm³/mol. The Morgan fingerprint density at radius 3 is 2.51 bits per heavy atom. The number of fused-ring (bicyclic) bond motifs is 2. The number of hydrogen-bond acceptors (Lipinski definition) is 6. The highest BCUT2D eigenvalue weighted by atomic mass is 19.1. The average molecular weight is 531 g/mol. The second kappa shape index (κ2) is 10.7. The Bertz CT molecular complexity index is 1730. The summed E-state index contributed by atoms with van der Waals surface area (Å²) in [6.07, 6.45) is 1.40. The molecule has 11 heteroatoms. The molecule has 2 heterocycles. The molecule has 3 aromatic carbocycles. The maximum Gasteiger partial charge on any atom is 0.332 e. The fraction of sp³-hybridized carbons (Fsp3) is 0.143. The van der Waals surface area contributed by atoms with E-state index in [1.54, 1.807) is 18.2 Å². The van der Waals surface area contributed by atoms with Crippen molar-refractivity contribution in [2.45, 2.75) is 19.6 Å². The van der Waals surface area contributed by atoms with Gasteiger partial charge in [-0.2, -0.15) is 0 Å². The third-order valence-electron chi connectivity index (χ3n) is 6.12. The highest BCUT2D eigenvalue weighted by molar-refractivity contribution is 5.98. The van der Waals surface area contributed by atoms with Crippen LogP contribution in [0.15, 0.2) is 82.9 Å². The summed E-state index contributed by atoms with van der Waals surface area (Å²) in [4.78, 5) is 52.0. The van der Waals surface area contributed by atoms with E-state index in [0.29, 0.717) is 17.2 Å². The van der Waals surface area contributed by atoms with Gasteiger partial charge >= 0.3 is 5.69 Å². The quantitative estimate of drug-likeness (QED) is 0.338. The van der Waals surface area contributed by atoms with Crippen LogP contribution >= 0.6 is 0 Å². The van der Waals surface area contributed by atoms with Crippen molar-refractivity contribution in [2.75, 3.05) is 12.1 Å². The van der Waals surface area contributed by atoms with Crippen LogP contribution in [0.25, 0.3) is 10.9 Å². The highest BCUT2D eigenvalue weighted by Crippen LogP contribution is 2.32. The van der Waals surface area contributed by atoms with Gasteiger partial charge in [0.25, 0.3) is 11.5 Å². The smallest absolute Gasteiger partial charge is 0.332 e. The van der Waals surface area contributed by atoms with Crippen LogP contribution in [0.1, 0.15) is 15.9 Å². The summed E-state index contributed by atoms with van der Waals surface area (Å²) in [5, 5.41) is 5.55. The van der Waals surface area contributed by atoms with Crippen molar-refractivity contribution in [1.29, 1.82) is 0 Å². The number of rotatable bonds is 8. The van der Waals surface area contributed by atoms with Gasteiger partial charge in [-0.15, -0.1) is 6.58 Å². The van der Waals surface area contributed by atoms with Crippen molar-refractivity contribution in [3.63, 3.8) is 0 Å². The van der Waals surface area contributed by atoms with E-state index in [-0.39, 0.29) is 36.3 Å². The third kappa shape index (κ3) is 5.28. The lowest BCUT2D eigenvalue weighted by Crippen LogP contribution is -2.41. The Morgan fingerprint density at radius 1 is 0.974 bits per heavy atom. The van der Waals surface area contributed by atoms with Gasteiger partial charge in [0.2, 0.25) is 12.7 Å². The summed E-state index contributed by atoms with van der Waals surface area (Å²) in [5.74, 6) is -0.267. The average Bonchev–Trinajstić information content (AvgIpc) is 3.41. The normalized spacial score (nSPS) is 11.8. The van der Waals surface area contributed by atoms with Crippen molar-refractivity contribution in [3.05, 3.63) is 111 Å². The standard InChI is InChI=1S/C28H23FN4O6/c1-2-11-32-27(36)21-9-4-18(26(35)30-14-17-3-10-23-24(12-17)39-16-38-23)13-22(21)33(28(32)37)15-25(34)31-20-7-5-19(29)6-8-20/h2-10,12-13H,1,11,14-16H2,(H,30,35)(H,31,34). The minimum Gasteiger partial charge on any atom is -0.454 e. The van der Waals surface area contributed by atoms with E-state index in [9.17, 15) is 23.6 Å². The Balaban J connectivity index is 1.45. The zero-order chi connectivity index (χ0) is 27.5. The van der Waals surface area contributed by atoms with Gasteiger partial charge in [-0.3, -0.25) is 23.5 Å². The second-order valence-electron chi connectivity index (χ2n) is 8.73. The van der Waals surface area contributed by atoms with Gasteiger partial charge in [0.1, 0.15) is 12.4 Å². The van der Waals surface area contributed by atoms with Crippen LogP contribution in [0.4, 0.5) is 10.1 Å². The molecular formula is C28H23FN4O6. The lowest BCUT2D eigenvalue weighted by atomic mass is 10.1. The molecule has 39 heavy (non-hydrogen) atoms. The minimum absolute atomic E-state index is 0.0645. The first-order valence-corrected chi connectivity index (χ1v) is 11.9. The summed E-state index contributed by atoms with van der Waals surface area (Å²) in [5.41, 5.74) is 0.125. The number of halogens is 1. The third-order valence-corrected chi connectivity index (χ3v) is 6.12. The molecule has 1 aromatic heterocycles. The predicted octanol–water partition coefficient (Wildman–Crippen LogP) is 2.79. The number of carbonyl (C=O) groups is 2. The molecule has 10 nitrogen and oxygen atoms in total. The minimum atomic E-state index is -0.737. The molecule has 4 aromatic rings. The van der Waals surface area contributed by atoms with Crippen LogP contribution in [-0.2, 0) is 24.4 Å². The molecule has 198 valence electrons.